The van der Waals surface area contributed by atoms with Crippen LogP contribution in [0, 0.1) is 6.92 Å². The van der Waals surface area contributed by atoms with Crippen LogP contribution in [0.15, 0.2) is 49.4 Å². The lowest BCUT2D eigenvalue weighted by atomic mass is 10.1. The lowest BCUT2D eigenvalue weighted by Crippen LogP contribution is -2.44. The van der Waals surface area contributed by atoms with Gasteiger partial charge < -0.3 is 20.9 Å². The summed E-state index contributed by atoms with van der Waals surface area (Å²) in [6.45, 7) is 6.75. The fourth-order valence-electron chi connectivity index (χ4n) is 3.64. The molecule has 34 heavy (non-hydrogen) atoms. The molecular formula is C23H24ClN7O2S. The number of anilines is 4. The molecule has 0 saturated carbocycles. The van der Waals surface area contributed by atoms with E-state index in [1.54, 1.807) is 23.4 Å². The highest BCUT2D eigenvalue weighted by atomic mass is 35.5. The molecule has 4 rings (SSSR count). The SMILES string of the molecule is C=CC(=O)N1CCC[C@H](Nc2cncc(Nc3ncc(C(=O)Nc4c(C)cccc4Cl)s3)n2)C1. The van der Waals surface area contributed by atoms with Crippen LogP contribution in [0.4, 0.5) is 22.5 Å². The summed E-state index contributed by atoms with van der Waals surface area (Å²) in [4.78, 5) is 39.8. The lowest BCUT2D eigenvalue weighted by Gasteiger charge is -2.32. The monoisotopic (exact) mass is 497 g/mol. The molecule has 2 amide bonds. The largest absolute Gasteiger partial charge is 0.364 e. The number of hydrogen-bond acceptors (Lipinski definition) is 8. The van der Waals surface area contributed by atoms with Crippen molar-refractivity contribution in [2.45, 2.75) is 25.8 Å². The molecule has 0 radical (unpaired) electrons. The van der Waals surface area contributed by atoms with Crippen molar-refractivity contribution in [1.29, 1.82) is 0 Å². The van der Waals surface area contributed by atoms with E-state index in [2.05, 4.69) is 37.5 Å². The molecule has 1 atom stereocenters. The first-order valence-corrected chi connectivity index (χ1v) is 11.9. The first-order valence-electron chi connectivity index (χ1n) is 10.7. The molecule has 176 valence electrons. The summed E-state index contributed by atoms with van der Waals surface area (Å²) in [5.74, 6) is 0.718. The molecule has 9 nitrogen and oxygen atoms in total. The third kappa shape index (κ3) is 5.70. The second-order valence-electron chi connectivity index (χ2n) is 7.80. The second-order valence-corrected chi connectivity index (χ2v) is 9.24. The van der Waals surface area contributed by atoms with Gasteiger partial charge in [0.2, 0.25) is 5.91 Å². The van der Waals surface area contributed by atoms with Crippen LogP contribution in [0.5, 0.6) is 0 Å². The maximum Gasteiger partial charge on any atom is 0.267 e. The summed E-state index contributed by atoms with van der Waals surface area (Å²) in [7, 11) is 0. The van der Waals surface area contributed by atoms with E-state index in [0.717, 1.165) is 24.9 Å². The highest BCUT2D eigenvalue weighted by Gasteiger charge is 2.22. The minimum atomic E-state index is -0.292. The number of carbonyl (C=O) groups is 2. The summed E-state index contributed by atoms with van der Waals surface area (Å²) < 4.78 is 0. The van der Waals surface area contributed by atoms with Gasteiger partial charge in [0.1, 0.15) is 10.7 Å². The van der Waals surface area contributed by atoms with Crippen molar-refractivity contribution >= 4 is 57.2 Å². The van der Waals surface area contributed by atoms with Gasteiger partial charge >= 0.3 is 0 Å². The van der Waals surface area contributed by atoms with Crippen LogP contribution in [0.25, 0.3) is 0 Å². The molecule has 3 heterocycles. The molecule has 0 bridgehead atoms. The minimum absolute atomic E-state index is 0.0682. The zero-order chi connectivity index (χ0) is 24.1. The number of halogens is 1. The molecule has 3 N–H and O–H groups in total. The van der Waals surface area contributed by atoms with Gasteiger partial charge in [0, 0.05) is 19.1 Å². The van der Waals surface area contributed by atoms with Crippen molar-refractivity contribution < 1.29 is 9.59 Å². The molecule has 11 heteroatoms. The number of hydrogen-bond donors (Lipinski definition) is 3. The maximum atomic E-state index is 12.7. The smallest absolute Gasteiger partial charge is 0.267 e. The van der Waals surface area contributed by atoms with Gasteiger partial charge in [-0.3, -0.25) is 14.6 Å². The first-order chi connectivity index (χ1) is 16.4. The highest BCUT2D eigenvalue weighted by molar-refractivity contribution is 7.17. The second kappa shape index (κ2) is 10.6. The van der Waals surface area contributed by atoms with Gasteiger partial charge in [0.15, 0.2) is 10.9 Å². The van der Waals surface area contributed by atoms with E-state index in [0.29, 0.717) is 38.9 Å². The molecule has 1 aliphatic heterocycles. The Kier molecular flexibility index (Phi) is 7.39. The Hall–Kier alpha value is -3.50. The zero-order valence-corrected chi connectivity index (χ0v) is 20.1. The lowest BCUT2D eigenvalue weighted by molar-refractivity contribution is -0.127. The Balaban J connectivity index is 1.38. The molecule has 0 spiro atoms. The highest BCUT2D eigenvalue weighted by Crippen LogP contribution is 2.28. The van der Waals surface area contributed by atoms with Gasteiger partial charge in [0.25, 0.3) is 5.91 Å². The number of aromatic nitrogens is 3. The third-order valence-corrected chi connectivity index (χ3v) is 6.55. The molecular weight excluding hydrogens is 474 g/mol. The zero-order valence-electron chi connectivity index (χ0n) is 18.5. The number of amides is 2. The van der Waals surface area contributed by atoms with Crippen LogP contribution >= 0.6 is 22.9 Å². The molecule has 2 aromatic heterocycles. The molecule has 0 unspecified atom stereocenters. The molecule has 1 aromatic carbocycles. The Labute approximate surface area is 206 Å². The standard InChI is InChI=1S/C23H24ClN7O2S/c1-3-20(32)31-9-5-7-15(13-31)27-18-11-25-12-19(28-18)29-23-26-10-17(34-23)22(33)30-21-14(2)6-4-8-16(21)24/h3-4,6,8,10-12,15H,1,5,7,9,13H2,2H3,(H,30,33)(H2,26,27,28,29)/t15-/m0/s1. The van der Waals surface area contributed by atoms with Crippen molar-refractivity contribution in [3.63, 3.8) is 0 Å². The number of nitrogens with one attached hydrogen (secondary N) is 3. The normalized spacial score (nSPS) is 15.5. The summed E-state index contributed by atoms with van der Waals surface area (Å²) in [6, 6.07) is 5.51. The van der Waals surface area contributed by atoms with Crippen LogP contribution in [0.3, 0.4) is 0 Å². The van der Waals surface area contributed by atoms with E-state index in [-0.39, 0.29) is 17.9 Å². The summed E-state index contributed by atoms with van der Waals surface area (Å²) in [5.41, 5.74) is 1.45. The number of piperidine rings is 1. The average molecular weight is 498 g/mol. The topological polar surface area (TPSA) is 112 Å². The van der Waals surface area contributed by atoms with Crippen LogP contribution in [-0.4, -0.2) is 50.8 Å². The number of rotatable bonds is 7. The fourth-order valence-corrected chi connectivity index (χ4v) is 4.63. The predicted octanol–water partition coefficient (Wildman–Crippen LogP) is 4.48. The van der Waals surface area contributed by atoms with Gasteiger partial charge in [0.05, 0.1) is 29.3 Å². The number of aryl methyl sites for hydroxylation is 1. The molecule has 1 fully saturated rings. The predicted molar refractivity (Wildman–Crippen MR) is 135 cm³/mol. The van der Waals surface area contributed by atoms with E-state index < -0.39 is 0 Å². The van der Waals surface area contributed by atoms with Gasteiger partial charge in [-0.2, -0.15) is 0 Å². The van der Waals surface area contributed by atoms with Crippen molar-refractivity contribution in [2.75, 3.05) is 29.0 Å². The average Bonchev–Trinajstić information content (AvgIpc) is 3.30. The van der Waals surface area contributed by atoms with Crippen LogP contribution in [-0.2, 0) is 4.79 Å². The molecule has 1 aliphatic rings. The van der Waals surface area contributed by atoms with Crippen molar-refractivity contribution in [2.24, 2.45) is 0 Å². The molecule has 0 aliphatic carbocycles. The Morgan fingerprint density at radius 3 is 2.88 bits per heavy atom. The van der Waals surface area contributed by atoms with Crippen LogP contribution in [0.1, 0.15) is 28.1 Å². The third-order valence-electron chi connectivity index (χ3n) is 5.32. The Morgan fingerprint density at radius 1 is 1.26 bits per heavy atom. The van der Waals surface area contributed by atoms with E-state index in [1.165, 1.54) is 23.6 Å². The summed E-state index contributed by atoms with van der Waals surface area (Å²) in [5, 5.41) is 10.3. The van der Waals surface area contributed by atoms with Crippen LogP contribution < -0.4 is 16.0 Å². The van der Waals surface area contributed by atoms with Gasteiger partial charge in [-0.25, -0.2) is 9.97 Å². The summed E-state index contributed by atoms with van der Waals surface area (Å²) >= 11 is 7.40. The number of nitrogens with zero attached hydrogens (tertiary/aromatic N) is 4. The number of carbonyl (C=O) groups excluding carboxylic acids is 2. The first kappa shape index (κ1) is 23.7. The fraction of sp³-hybridized carbons (Fsp3) is 0.261. The van der Waals surface area contributed by atoms with Gasteiger partial charge in [-0.15, -0.1) is 0 Å². The molecule has 3 aromatic rings. The van der Waals surface area contributed by atoms with E-state index in [9.17, 15) is 9.59 Å². The minimum Gasteiger partial charge on any atom is -0.364 e. The van der Waals surface area contributed by atoms with E-state index >= 15 is 0 Å². The Bertz CT molecular complexity index is 1200. The number of para-hydroxylation sites is 1. The van der Waals surface area contributed by atoms with Crippen molar-refractivity contribution in [3.8, 4) is 0 Å². The van der Waals surface area contributed by atoms with Crippen molar-refractivity contribution in [1.82, 2.24) is 19.9 Å². The van der Waals surface area contributed by atoms with E-state index in [1.807, 2.05) is 19.1 Å². The van der Waals surface area contributed by atoms with Crippen molar-refractivity contribution in [3.05, 3.63) is 64.9 Å². The Morgan fingerprint density at radius 2 is 2.09 bits per heavy atom. The quantitative estimate of drug-likeness (QED) is 0.412. The van der Waals surface area contributed by atoms with Gasteiger partial charge in [-0.05, 0) is 37.5 Å². The number of likely N-dealkylation sites (tertiary alicyclic amines) is 1. The number of thiazole rings is 1. The molecule has 1 saturated heterocycles. The van der Waals surface area contributed by atoms with Gasteiger partial charge in [-0.1, -0.05) is 41.6 Å². The number of benzene rings is 1. The van der Waals surface area contributed by atoms with Crippen LogP contribution in [0.2, 0.25) is 5.02 Å². The summed E-state index contributed by atoms with van der Waals surface area (Å²) in [6.07, 6.45) is 7.87. The maximum absolute atomic E-state index is 12.7. The van der Waals surface area contributed by atoms with E-state index in [4.69, 9.17) is 11.6 Å².